The molecule has 0 spiro atoms. The molecule has 0 aromatic heterocycles. The quantitative estimate of drug-likeness (QED) is 0.0299. The summed E-state index contributed by atoms with van der Waals surface area (Å²) in [5, 5.41) is 71.7. The number of aliphatic hydroxyl groups is 7. The van der Waals surface area contributed by atoms with Crippen LogP contribution in [0.25, 0.3) is 0 Å². The van der Waals surface area contributed by atoms with Crippen LogP contribution >= 0.6 is 0 Å². The zero-order chi connectivity index (χ0) is 42.5. The molecule has 11 unspecified atom stereocenters. The number of unbranched alkanes of at least 4 members (excludes halogenated alkanes) is 11. The summed E-state index contributed by atoms with van der Waals surface area (Å²) in [6, 6.07) is 0. The van der Waals surface area contributed by atoms with Crippen molar-refractivity contribution in [3.8, 4) is 0 Å². The summed E-state index contributed by atoms with van der Waals surface area (Å²) >= 11 is 0. The lowest BCUT2D eigenvalue weighted by molar-refractivity contribution is -0.332. The molecule has 2 aliphatic rings. The van der Waals surface area contributed by atoms with Gasteiger partial charge in [0, 0.05) is 12.8 Å². The fourth-order valence-corrected chi connectivity index (χ4v) is 6.52. The summed E-state index contributed by atoms with van der Waals surface area (Å²) in [4.78, 5) is 25.4. The molecule has 15 nitrogen and oxygen atoms in total. The first-order valence-corrected chi connectivity index (χ1v) is 21.6. The van der Waals surface area contributed by atoms with Crippen molar-refractivity contribution in [1.82, 2.24) is 0 Å². The van der Waals surface area contributed by atoms with E-state index in [1.807, 2.05) is 0 Å². The van der Waals surface area contributed by atoms with E-state index in [0.29, 0.717) is 12.8 Å². The number of allylic oxidation sites excluding steroid dienone is 6. The highest BCUT2D eigenvalue weighted by molar-refractivity contribution is 5.70. The Hall–Kier alpha value is -2.28. The monoisotopic (exact) mass is 831 g/mol. The Labute approximate surface area is 345 Å². The Bertz CT molecular complexity index is 1160. The second-order valence-electron chi connectivity index (χ2n) is 15.1. The zero-order valence-corrected chi connectivity index (χ0v) is 34.8. The van der Waals surface area contributed by atoms with Gasteiger partial charge in [0.05, 0.1) is 19.8 Å². The number of aliphatic hydroxyl groups excluding tert-OH is 7. The maximum atomic E-state index is 12.9. The van der Waals surface area contributed by atoms with Gasteiger partial charge in [0.25, 0.3) is 0 Å². The summed E-state index contributed by atoms with van der Waals surface area (Å²) in [7, 11) is 0. The van der Waals surface area contributed by atoms with Gasteiger partial charge < -0.3 is 64.2 Å². The summed E-state index contributed by atoms with van der Waals surface area (Å²) < 4.78 is 33.3. The minimum absolute atomic E-state index is 0.146. The highest BCUT2D eigenvalue weighted by Crippen LogP contribution is 2.26. The predicted molar refractivity (Wildman–Crippen MR) is 215 cm³/mol. The number of esters is 2. The molecule has 7 N–H and O–H groups in total. The number of carbonyl (C=O) groups is 2. The van der Waals surface area contributed by atoms with Crippen molar-refractivity contribution in [1.29, 1.82) is 0 Å². The molecule has 0 saturated carbocycles. The van der Waals surface area contributed by atoms with E-state index in [1.165, 1.54) is 12.8 Å². The molecule has 0 amide bonds. The van der Waals surface area contributed by atoms with Gasteiger partial charge in [0.2, 0.25) is 0 Å². The van der Waals surface area contributed by atoms with E-state index in [-0.39, 0.29) is 26.1 Å². The maximum absolute atomic E-state index is 12.9. The largest absolute Gasteiger partial charge is 0.462 e. The van der Waals surface area contributed by atoms with Crippen molar-refractivity contribution in [2.45, 2.75) is 197 Å². The fourth-order valence-electron chi connectivity index (χ4n) is 6.52. The second-order valence-corrected chi connectivity index (χ2v) is 15.1. The lowest BCUT2D eigenvalue weighted by atomic mass is 9.98. The van der Waals surface area contributed by atoms with E-state index in [4.69, 9.17) is 28.4 Å². The average Bonchev–Trinajstić information content (AvgIpc) is 3.21. The van der Waals surface area contributed by atoms with Crippen LogP contribution in [0.1, 0.15) is 129 Å². The van der Waals surface area contributed by atoms with Crippen molar-refractivity contribution >= 4 is 11.9 Å². The van der Waals surface area contributed by atoms with Crippen molar-refractivity contribution in [2.75, 3.05) is 26.4 Å². The maximum Gasteiger partial charge on any atom is 0.306 e. The number of carbonyl (C=O) groups excluding carboxylic acids is 2. The van der Waals surface area contributed by atoms with Crippen molar-refractivity contribution < 1.29 is 73.8 Å². The third kappa shape index (κ3) is 20.8. The molecule has 0 aromatic rings. The van der Waals surface area contributed by atoms with Crippen molar-refractivity contribution in [3.63, 3.8) is 0 Å². The SMILES string of the molecule is CC/C=C\C/C=C\C/C=C\CCCCCCCC(=O)OC(COC(=O)CCCCCCCCC)COC1OC(COC2OC(CO)C(O)C(O)C2O)C(O)C(O)C1O. The minimum Gasteiger partial charge on any atom is -0.462 e. The first-order valence-electron chi connectivity index (χ1n) is 21.6. The summed E-state index contributed by atoms with van der Waals surface area (Å²) in [5.74, 6) is -0.956. The third-order valence-corrected chi connectivity index (χ3v) is 10.1. The summed E-state index contributed by atoms with van der Waals surface area (Å²) in [5.41, 5.74) is 0. The molecule has 2 aliphatic heterocycles. The first-order chi connectivity index (χ1) is 28.0. The molecule has 58 heavy (non-hydrogen) atoms. The van der Waals surface area contributed by atoms with E-state index in [1.54, 1.807) is 0 Å². The Morgan fingerprint density at radius 3 is 1.71 bits per heavy atom. The highest BCUT2D eigenvalue weighted by atomic mass is 16.7. The zero-order valence-electron chi connectivity index (χ0n) is 34.8. The molecule has 11 atom stereocenters. The topological polar surface area (TPSA) is 231 Å². The molecule has 2 saturated heterocycles. The van der Waals surface area contributed by atoms with Gasteiger partial charge in [-0.1, -0.05) is 108 Å². The summed E-state index contributed by atoms with van der Waals surface area (Å²) in [6.07, 6.45) is 12.2. The first kappa shape index (κ1) is 51.9. The van der Waals surface area contributed by atoms with Crippen LogP contribution in [-0.2, 0) is 38.0 Å². The Morgan fingerprint density at radius 1 is 0.569 bits per heavy atom. The van der Waals surface area contributed by atoms with Crippen LogP contribution in [0.15, 0.2) is 36.5 Å². The van der Waals surface area contributed by atoms with Crippen LogP contribution in [0.2, 0.25) is 0 Å². The predicted octanol–water partition coefficient (Wildman–Crippen LogP) is 3.81. The Balaban J connectivity index is 1.87. The molecule has 0 bridgehead atoms. The van der Waals surface area contributed by atoms with Gasteiger partial charge in [0.1, 0.15) is 55.4 Å². The van der Waals surface area contributed by atoms with Crippen molar-refractivity contribution in [2.24, 2.45) is 0 Å². The lowest BCUT2D eigenvalue weighted by Crippen LogP contribution is -2.61. The highest BCUT2D eigenvalue weighted by Gasteiger charge is 2.47. The molecule has 0 aliphatic carbocycles. The second kappa shape index (κ2) is 31.6. The molecule has 2 heterocycles. The average molecular weight is 831 g/mol. The van der Waals surface area contributed by atoms with E-state index >= 15 is 0 Å². The van der Waals surface area contributed by atoms with Gasteiger partial charge in [-0.15, -0.1) is 0 Å². The standard InChI is InChI=1S/C43H74O15/c1-3-5-7-9-11-12-13-14-15-16-17-18-20-22-24-26-35(46)56-31(28-53-34(45)25-23-21-19-10-8-6-4-2)29-54-42-41(52)39(50)37(48)33(58-42)30-55-43-40(51)38(49)36(47)32(27-44)57-43/h5,7,11-12,14-15,31-33,36-44,47-52H,3-4,6,8-10,13,16-30H2,1-2H3/b7-5-,12-11-,15-14-. The van der Waals surface area contributed by atoms with Gasteiger partial charge in [-0.3, -0.25) is 9.59 Å². The molecule has 2 fully saturated rings. The van der Waals surface area contributed by atoms with E-state index < -0.39 is 92.7 Å². The van der Waals surface area contributed by atoms with Crippen LogP contribution in [0.4, 0.5) is 0 Å². The summed E-state index contributed by atoms with van der Waals surface area (Å²) in [6.45, 7) is 2.37. The van der Waals surface area contributed by atoms with Crippen molar-refractivity contribution in [3.05, 3.63) is 36.5 Å². The van der Waals surface area contributed by atoms with E-state index in [2.05, 4.69) is 50.3 Å². The van der Waals surface area contributed by atoms with E-state index in [0.717, 1.165) is 77.0 Å². The van der Waals surface area contributed by atoms with Crippen LogP contribution in [-0.4, -0.2) is 142 Å². The Kier molecular flexibility index (Phi) is 28.2. The molecule has 0 radical (unpaired) electrons. The molecular formula is C43H74O15. The third-order valence-electron chi connectivity index (χ3n) is 10.1. The Morgan fingerprint density at radius 2 is 1.09 bits per heavy atom. The lowest BCUT2D eigenvalue weighted by Gasteiger charge is -2.42. The molecule has 15 heteroatoms. The van der Waals surface area contributed by atoms with Gasteiger partial charge in [0.15, 0.2) is 18.7 Å². The van der Waals surface area contributed by atoms with Gasteiger partial charge >= 0.3 is 11.9 Å². The van der Waals surface area contributed by atoms with Gasteiger partial charge in [-0.25, -0.2) is 0 Å². The molecule has 2 rings (SSSR count). The molecule has 336 valence electrons. The fraction of sp³-hybridized carbons (Fsp3) is 0.814. The smallest absolute Gasteiger partial charge is 0.306 e. The van der Waals surface area contributed by atoms with Crippen LogP contribution in [0.3, 0.4) is 0 Å². The number of hydrogen-bond donors (Lipinski definition) is 7. The number of ether oxygens (including phenoxy) is 6. The number of rotatable bonds is 31. The molecular weight excluding hydrogens is 756 g/mol. The van der Waals surface area contributed by atoms with Crippen LogP contribution in [0.5, 0.6) is 0 Å². The van der Waals surface area contributed by atoms with E-state index in [9.17, 15) is 45.3 Å². The van der Waals surface area contributed by atoms with Gasteiger partial charge in [-0.2, -0.15) is 0 Å². The molecule has 0 aromatic carbocycles. The van der Waals surface area contributed by atoms with Gasteiger partial charge in [-0.05, 0) is 44.9 Å². The normalized spacial score (nSPS) is 28.4. The van der Waals surface area contributed by atoms with Crippen LogP contribution in [0, 0.1) is 0 Å². The van der Waals surface area contributed by atoms with Crippen LogP contribution < -0.4 is 0 Å². The number of hydrogen-bond acceptors (Lipinski definition) is 15. The minimum atomic E-state index is -1.76.